The van der Waals surface area contributed by atoms with Gasteiger partial charge in [0, 0.05) is 6.54 Å². The van der Waals surface area contributed by atoms with E-state index in [1.165, 1.54) is 4.90 Å². The summed E-state index contributed by atoms with van der Waals surface area (Å²) in [6.45, 7) is 0.688. The van der Waals surface area contributed by atoms with Gasteiger partial charge in [-0.1, -0.05) is 36.8 Å². The first-order valence-electron chi connectivity index (χ1n) is 7.37. The summed E-state index contributed by atoms with van der Waals surface area (Å²) in [6.07, 6.45) is 2.45. The molecule has 1 heterocycles. The minimum Gasteiger partial charge on any atom is -0.480 e. The molecule has 1 aliphatic heterocycles. The highest BCUT2D eigenvalue weighted by molar-refractivity contribution is 5.81. The summed E-state index contributed by atoms with van der Waals surface area (Å²) in [5, 5.41) is 9.42. The number of carbonyl (C=O) groups is 2. The SMILES string of the molecule is O=C(O)C1[C@H]2CCC[C@H]2CN1C(=O)OCc1ccccc1. The Labute approximate surface area is 123 Å². The third-order valence-corrected chi connectivity index (χ3v) is 4.58. The molecule has 0 spiro atoms. The number of aliphatic carboxylic acids is 1. The van der Waals surface area contributed by atoms with Crippen LogP contribution < -0.4 is 0 Å². The Morgan fingerprint density at radius 2 is 2.00 bits per heavy atom. The van der Waals surface area contributed by atoms with Crippen molar-refractivity contribution in [2.75, 3.05) is 6.54 Å². The van der Waals surface area contributed by atoms with Crippen molar-refractivity contribution in [3.8, 4) is 0 Å². The van der Waals surface area contributed by atoms with E-state index in [-0.39, 0.29) is 12.5 Å². The highest BCUT2D eigenvalue weighted by atomic mass is 16.6. The Hall–Kier alpha value is -2.04. The largest absolute Gasteiger partial charge is 0.480 e. The zero-order valence-corrected chi connectivity index (χ0v) is 11.8. The molecule has 1 aromatic carbocycles. The van der Waals surface area contributed by atoms with Crippen molar-refractivity contribution in [2.45, 2.75) is 31.9 Å². The number of rotatable bonds is 3. The van der Waals surface area contributed by atoms with E-state index in [9.17, 15) is 14.7 Å². The summed E-state index contributed by atoms with van der Waals surface area (Å²) in [6, 6.07) is 8.68. The van der Waals surface area contributed by atoms with Gasteiger partial charge in [0.05, 0.1) is 0 Å². The number of hydrogen-bond donors (Lipinski definition) is 1. The number of likely N-dealkylation sites (tertiary alicyclic amines) is 1. The fourth-order valence-electron chi connectivity index (χ4n) is 3.61. The van der Waals surface area contributed by atoms with Gasteiger partial charge in [0.15, 0.2) is 0 Å². The molecule has 1 amide bonds. The van der Waals surface area contributed by atoms with Crippen LogP contribution in [0.5, 0.6) is 0 Å². The molecule has 0 bridgehead atoms. The van der Waals surface area contributed by atoms with E-state index in [0.29, 0.717) is 12.5 Å². The molecule has 3 rings (SSSR count). The Kier molecular flexibility index (Phi) is 3.82. The van der Waals surface area contributed by atoms with Crippen molar-refractivity contribution < 1.29 is 19.4 Å². The second kappa shape index (κ2) is 5.76. The van der Waals surface area contributed by atoms with E-state index < -0.39 is 18.1 Å². The topological polar surface area (TPSA) is 66.8 Å². The Morgan fingerprint density at radius 3 is 2.71 bits per heavy atom. The number of carbonyl (C=O) groups excluding carboxylic acids is 1. The van der Waals surface area contributed by atoms with Gasteiger partial charge in [0.1, 0.15) is 12.6 Å². The lowest BCUT2D eigenvalue weighted by Gasteiger charge is -2.23. The molecule has 1 aliphatic carbocycles. The molecule has 21 heavy (non-hydrogen) atoms. The summed E-state index contributed by atoms with van der Waals surface area (Å²) in [5.74, 6) is -0.511. The lowest BCUT2D eigenvalue weighted by atomic mass is 9.94. The van der Waals surface area contributed by atoms with Crippen LogP contribution in [0.15, 0.2) is 30.3 Å². The molecule has 3 atom stereocenters. The molecule has 1 aromatic rings. The molecule has 1 unspecified atom stereocenters. The maximum absolute atomic E-state index is 12.2. The number of hydrogen-bond acceptors (Lipinski definition) is 3. The van der Waals surface area contributed by atoms with E-state index >= 15 is 0 Å². The van der Waals surface area contributed by atoms with Gasteiger partial charge >= 0.3 is 12.1 Å². The van der Waals surface area contributed by atoms with Crippen molar-refractivity contribution >= 4 is 12.1 Å². The summed E-state index contributed by atoms with van der Waals surface area (Å²) in [4.78, 5) is 25.1. The normalized spacial score (nSPS) is 27.4. The minimum absolute atomic E-state index is 0.0896. The summed E-state index contributed by atoms with van der Waals surface area (Å²) in [7, 11) is 0. The number of ether oxygens (including phenoxy) is 1. The number of benzene rings is 1. The highest BCUT2D eigenvalue weighted by Crippen LogP contribution is 2.42. The van der Waals surface area contributed by atoms with Gasteiger partial charge in [-0.3, -0.25) is 4.90 Å². The zero-order valence-electron chi connectivity index (χ0n) is 11.8. The van der Waals surface area contributed by atoms with Crippen LogP contribution >= 0.6 is 0 Å². The predicted molar refractivity (Wildman–Crippen MR) is 75.6 cm³/mol. The number of carboxylic acids is 1. The fourth-order valence-corrected chi connectivity index (χ4v) is 3.61. The van der Waals surface area contributed by atoms with Crippen molar-refractivity contribution in [3.05, 3.63) is 35.9 Å². The molecular weight excluding hydrogens is 270 g/mol. The van der Waals surface area contributed by atoms with Crippen LogP contribution in [-0.4, -0.2) is 34.7 Å². The van der Waals surface area contributed by atoms with Crippen molar-refractivity contribution in [3.63, 3.8) is 0 Å². The van der Waals surface area contributed by atoms with Crippen LogP contribution in [0.3, 0.4) is 0 Å². The van der Waals surface area contributed by atoms with Crippen molar-refractivity contribution in [2.24, 2.45) is 11.8 Å². The molecular formula is C16H19NO4. The van der Waals surface area contributed by atoms with Crippen LogP contribution in [0.25, 0.3) is 0 Å². The van der Waals surface area contributed by atoms with E-state index in [1.54, 1.807) is 0 Å². The molecule has 2 aliphatic rings. The lowest BCUT2D eigenvalue weighted by Crippen LogP contribution is -2.43. The first-order valence-corrected chi connectivity index (χ1v) is 7.37. The number of amides is 1. The van der Waals surface area contributed by atoms with Crippen LogP contribution in [-0.2, 0) is 16.1 Å². The van der Waals surface area contributed by atoms with Crippen molar-refractivity contribution in [1.82, 2.24) is 4.90 Å². The standard InChI is InChI=1S/C16H19NO4/c18-15(19)14-13-8-4-7-12(13)9-17(14)16(20)21-10-11-5-2-1-3-6-11/h1-3,5-6,12-14H,4,7-10H2,(H,18,19)/t12-,13-,14?/m0/s1. The molecule has 5 nitrogen and oxygen atoms in total. The van der Waals surface area contributed by atoms with Gasteiger partial charge in [-0.25, -0.2) is 9.59 Å². The second-order valence-corrected chi connectivity index (χ2v) is 5.83. The molecule has 0 radical (unpaired) electrons. The maximum Gasteiger partial charge on any atom is 0.410 e. The third-order valence-electron chi connectivity index (χ3n) is 4.58. The first kappa shape index (κ1) is 13.9. The van der Waals surface area contributed by atoms with Crippen LogP contribution in [0.2, 0.25) is 0 Å². The maximum atomic E-state index is 12.2. The number of fused-ring (bicyclic) bond motifs is 1. The molecule has 2 fully saturated rings. The van der Waals surface area contributed by atoms with Crippen LogP contribution in [0.4, 0.5) is 4.79 Å². The lowest BCUT2D eigenvalue weighted by molar-refractivity contribution is -0.143. The second-order valence-electron chi connectivity index (χ2n) is 5.83. The zero-order chi connectivity index (χ0) is 14.8. The number of nitrogens with zero attached hydrogens (tertiary/aromatic N) is 1. The molecule has 0 aromatic heterocycles. The van der Waals surface area contributed by atoms with Gasteiger partial charge in [0.2, 0.25) is 0 Å². The predicted octanol–water partition coefficient (Wildman–Crippen LogP) is 2.51. The molecule has 5 heteroatoms. The summed E-state index contributed by atoms with van der Waals surface area (Å²) < 4.78 is 5.28. The Bertz CT molecular complexity index is 530. The van der Waals surface area contributed by atoms with E-state index in [1.807, 2.05) is 30.3 Å². The third kappa shape index (κ3) is 2.73. The molecule has 112 valence electrons. The molecule has 1 saturated heterocycles. The van der Waals surface area contributed by atoms with Gasteiger partial charge in [-0.15, -0.1) is 0 Å². The summed E-state index contributed by atoms with van der Waals surface area (Å²) >= 11 is 0. The van der Waals surface area contributed by atoms with Gasteiger partial charge in [-0.05, 0) is 30.2 Å². The quantitative estimate of drug-likeness (QED) is 0.928. The monoisotopic (exact) mass is 289 g/mol. The van der Waals surface area contributed by atoms with E-state index in [2.05, 4.69) is 0 Å². The first-order chi connectivity index (χ1) is 10.2. The minimum atomic E-state index is -0.916. The van der Waals surface area contributed by atoms with Crippen LogP contribution in [0, 0.1) is 11.8 Å². The fraction of sp³-hybridized carbons (Fsp3) is 0.500. The van der Waals surface area contributed by atoms with Crippen molar-refractivity contribution in [1.29, 1.82) is 0 Å². The van der Waals surface area contributed by atoms with Gasteiger partial charge in [0.25, 0.3) is 0 Å². The average molecular weight is 289 g/mol. The van der Waals surface area contributed by atoms with Gasteiger partial charge in [-0.2, -0.15) is 0 Å². The van der Waals surface area contributed by atoms with E-state index in [4.69, 9.17) is 4.74 Å². The van der Waals surface area contributed by atoms with E-state index in [0.717, 1.165) is 24.8 Å². The summed E-state index contributed by atoms with van der Waals surface area (Å²) in [5.41, 5.74) is 0.900. The van der Waals surface area contributed by atoms with Gasteiger partial charge < -0.3 is 9.84 Å². The number of carboxylic acid groups (broad SMARTS) is 1. The molecule has 1 saturated carbocycles. The molecule has 1 N–H and O–H groups in total. The Balaban J connectivity index is 1.65. The van der Waals surface area contributed by atoms with Crippen LogP contribution in [0.1, 0.15) is 24.8 Å². The average Bonchev–Trinajstić information content (AvgIpc) is 3.05. The highest BCUT2D eigenvalue weighted by Gasteiger charge is 2.50. The smallest absolute Gasteiger partial charge is 0.410 e. The Morgan fingerprint density at radius 1 is 1.24 bits per heavy atom.